The largest absolute Gasteiger partial charge is 0.507 e. The second kappa shape index (κ2) is 10.9. The van der Waals surface area contributed by atoms with Crippen molar-refractivity contribution in [3.63, 3.8) is 0 Å². The van der Waals surface area contributed by atoms with Gasteiger partial charge in [-0.3, -0.25) is 14.5 Å². The molecule has 4 rings (SSSR count). The van der Waals surface area contributed by atoms with Crippen LogP contribution in [0.15, 0.2) is 59.6 Å². The van der Waals surface area contributed by atoms with Crippen molar-refractivity contribution in [1.29, 1.82) is 0 Å². The van der Waals surface area contributed by atoms with E-state index in [0.29, 0.717) is 41.3 Å². The van der Waals surface area contributed by atoms with E-state index in [2.05, 4.69) is 18.8 Å². The van der Waals surface area contributed by atoms with Gasteiger partial charge in [-0.1, -0.05) is 19.9 Å². The predicted molar refractivity (Wildman–Crippen MR) is 136 cm³/mol. The molecule has 1 fully saturated rings. The highest BCUT2D eigenvalue weighted by molar-refractivity contribution is 7.14. The van der Waals surface area contributed by atoms with Crippen molar-refractivity contribution < 1.29 is 28.6 Å². The minimum absolute atomic E-state index is 0.113. The minimum Gasteiger partial charge on any atom is -0.507 e. The standard InChI is InChI=1S/C27H27FN2O5S/c1-4-34-21-15-18(7-10-20(21)35-13-11-16(2)3)23-22(24(31)17-5-8-19(28)9-6-17)25(32)26(33)30(23)27-29-12-14-36-27/h5-10,12,14-16,23,31H,4,11,13H2,1-3H3. The Bertz CT molecular complexity index is 1270. The highest BCUT2D eigenvalue weighted by Gasteiger charge is 2.48. The maximum Gasteiger partial charge on any atom is 0.301 e. The number of carbonyl (C=O) groups excluding carboxylic acids is 2. The van der Waals surface area contributed by atoms with Gasteiger partial charge in [-0.25, -0.2) is 9.37 Å². The van der Waals surface area contributed by atoms with E-state index in [1.54, 1.807) is 23.6 Å². The summed E-state index contributed by atoms with van der Waals surface area (Å²) in [6, 6.07) is 9.29. The first-order valence-corrected chi connectivity index (χ1v) is 12.6. The summed E-state index contributed by atoms with van der Waals surface area (Å²) in [6.07, 6.45) is 2.41. The lowest BCUT2D eigenvalue weighted by Crippen LogP contribution is -2.29. The average Bonchev–Trinajstić information content (AvgIpc) is 3.47. The van der Waals surface area contributed by atoms with Gasteiger partial charge in [0.15, 0.2) is 16.6 Å². The molecule has 1 N–H and O–H groups in total. The smallest absolute Gasteiger partial charge is 0.301 e. The fourth-order valence-electron chi connectivity index (χ4n) is 3.93. The molecule has 0 bridgehead atoms. The summed E-state index contributed by atoms with van der Waals surface area (Å²) in [5.41, 5.74) is 0.641. The predicted octanol–water partition coefficient (Wildman–Crippen LogP) is 5.73. The topological polar surface area (TPSA) is 89.0 Å². The van der Waals surface area contributed by atoms with Crippen molar-refractivity contribution >= 4 is 33.9 Å². The van der Waals surface area contributed by atoms with Crippen LogP contribution in [0.4, 0.5) is 9.52 Å². The molecule has 2 aromatic carbocycles. The zero-order valence-electron chi connectivity index (χ0n) is 20.2. The Morgan fingerprint density at radius 2 is 1.89 bits per heavy atom. The van der Waals surface area contributed by atoms with Crippen molar-refractivity contribution in [3.05, 3.63) is 76.6 Å². The molecule has 1 saturated heterocycles. The molecule has 0 aliphatic carbocycles. The number of hydrogen-bond donors (Lipinski definition) is 1. The minimum atomic E-state index is -0.967. The van der Waals surface area contributed by atoms with Crippen molar-refractivity contribution in [3.8, 4) is 11.5 Å². The maximum atomic E-state index is 13.5. The zero-order chi connectivity index (χ0) is 25.8. The molecule has 2 heterocycles. The number of anilines is 1. The van der Waals surface area contributed by atoms with E-state index in [1.807, 2.05) is 6.92 Å². The number of benzene rings is 2. The number of aliphatic hydroxyl groups is 1. The highest BCUT2D eigenvalue weighted by Crippen LogP contribution is 2.44. The number of carbonyl (C=O) groups is 2. The molecule has 0 radical (unpaired) electrons. The van der Waals surface area contributed by atoms with Crippen LogP contribution >= 0.6 is 11.3 Å². The fraction of sp³-hybridized carbons (Fsp3) is 0.296. The number of ether oxygens (including phenoxy) is 2. The summed E-state index contributed by atoms with van der Waals surface area (Å²) in [6.45, 7) is 6.96. The summed E-state index contributed by atoms with van der Waals surface area (Å²) < 4.78 is 25.2. The van der Waals surface area contributed by atoms with Crippen LogP contribution in [0.1, 0.15) is 44.4 Å². The van der Waals surface area contributed by atoms with Crippen molar-refractivity contribution in [2.45, 2.75) is 33.2 Å². The molecule has 1 aromatic heterocycles. The lowest BCUT2D eigenvalue weighted by molar-refractivity contribution is -0.132. The third kappa shape index (κ3) is 5.11. The average molecular weight is 511 g/mol. The number of ketones is 1. The van der Waals surface area contributed by atoms with Crippen molar-refractivity contribution in [1.82, 2.24) is 4.98 Å². The molecule has 1 unspecified atom stereocenters. The molecular formula is C27H27FN2O5S. The Morgan fingerprint density at radius 1 is 1.14 bits per heavy atom. The number of nitrogens with zero attached hydrogens (tertiary/aromatic N) is 2. The van der Waals surface area contributed by atoms with E-state index < -0.39 is 29.3 Å². The van der Waals surface area contributed by atoms with Gasteiger partial charge in [0, 0.05) is 17.1 Å². The van der Waals surface area contributed by atoms with Crippen LogP contribution in [0, 0.1) is 11.7 Å². The van der Waals surface area contributed by atoms with Gasteiger partial charge in [-0.05, 0) is 61.2 Å². The van der Waals surface area contributed by atoms with Gasteiger partial charge in [0.05, 0.1) is 24.8 Å². The molecule has 9 heteroatoms. The normalized spacial score (nSPS) is 17.1. The van der Waals surface area contributed by atoms with Gasteiger partial charge in [0.2, 0.25) is 0 Å². The number of aliphatic hydroxyl groups excluding tert-OH is 1. The van der Waals surface area contributed by atoms with Gasteiger partial charge in [-0.15, -0.1) is 11.3 Å². The van der Waals surface area contributed by atoms with Crippen LogP contribution in [-0.2, 0) is 9.59 Å². The molecule has 7 nitrogen and oxygen atoms in total. The van der Waals surface area contributed by atoms with E-state index in [4.69, 9.17) is 9.47 Å². The lowest BCUT2D eigenvalue weighted by atomic mass is 9.95. The molecular weight excluding hydrogens is 483 g/mol. The molecule has 0 saturated carbocycles. The fourth-order valence-corrected chi connectivity index (χ4v) is 4.60. The Kier molecular flexibility index (Phi) is 7.69. The Balaban J connectivity index is 1.84. The number of aromatic nitrogens is 1. The highest BCUT2D eigenvalue weighted by atomic mass is 32.1. The van der Waals surface area contributed by atoms with Gasteiger partial charge in [-0.2, -0.15) is 0 Å². The lowest BCUT2D eigenvalue weighted by Gasteiger charge is -2.24. The van der Waals surface area contributed by atoms with Gasteiger partial charge < -0.3 is 14.6 Å². The molecule has 1 atom stereocenters. The summed E-state index contributed by atoms with van der Waals surface area (Å²) >= 11 is 1.20. The third-order valence-electron chi connectivity index (χ3n) is 5.72. The molecule has 0 spiro atoms. The van der Waals surface area contributed by atoms with E-state index in [0.717, 1.165) is 6.42 Å². The summed E-state index contributed by atoms with van der Waals surface area (Å²) in [5, 5.41) is 13.1. The van der Waals surface area contributed by atoms with Crippen LogP contribution in [0.3, 0.4) is 0 Å². The first-order chi connectivity index (χ1) is 17.3. The van der Waals surface area contributed by atoms with E-state index in [9.17, 15) is 19.1 Å². The SMILES string of the molecule is CCOc1cc(C2C(=C(O)c3ccc(F)cc3)C(=O)C(=O)N2c2nccs2)ccc1OCCC(C)C. The van der Waals surface area contributed by atoms with Gasteiger partial charge in [0.1, 0.15) is 11.6 Å². The number of Topliss-reactive ketones (excluding diaryl/α,β-unsaturated/α-hetero) is 1. The monoisotopic (exact) mass is 510 g/mol. The van der Waals surface area contributed by atoms with Crippen molar-refractivity contribution in [2.75, 3.05) is 18.1 Å². The van der Waals surface area contributed by atoms with Crippen LogP contribution < -0.4 is 14.4 Å². The molecule has 188 valence electrons. The Labute approximate surface area is 212 Å². The van der Waals surface area contributed by atoms with E-state index in [-0.39, 0.29) is 11.1 Å². The van der Waals surface area contributed by atoms with Crippen LogP contribution in [-0.4, -0.2) is 35.0 Å². The second-order valence-corrected chi connectivity index (χ2v) is 9.53. The number of rotatable bonds is 9. The first-order valence-electron chi connectivity index (χ1n) is 11.7. The number of halogens is 1. The van der Waals surface area contributed by atoms with Crippen LogP contribution in [0.25, 0.3) is 5.76 Å². The molecule has 1 aliphatic rings. The first kappa shape index (κ1) is 25.4. The number of hydrogen-bond acceptors (Lipinski definition) is 7. The quantitative estimate of drug-likeness (QED) is 0.225. The van der Waals surface area contributed by atoms with E-state index >= 15 is 0 Å². The van der Waals surface area contributed by atoms with Gasteiger partial charge >= 0.3 is 5.91 Å². The zero-order valence-corrected chi connectivity index (χ0v) is 21.0. The third-order valence-corrected chi connectivity index (χ3v) is 6.49. The second-order valence-electron chi connectivity index (χ2n) is 8.66. The van der Waals surface area contributed by atoms with E-state index in [1.165, 1.54) is 46.7 Å². The molecule has 3 aromatic rings. The number of amides is 1. The Hall–Kier alpha value is -3.72. The van der Waals surface area contributed by atoms with Crippen molar-refractivity contribution in [2.24, 2.45) is 5.92 Å². The summed E-state index contributed by atoms with van der Waals surface area (Å²) in [5.74, 6) is -1.06. The van der Waals surface area contributed by atoms with Crippen LogP contribution in [0.2, 0.25) is 0 Å². The van der Waals surface area contributed by atoms with Gasteiger partial charge in [0.25, 0.3) is 5.78 Å². The Morgan fingerprint density at radius 3 is 2.53 bits per heavy atom. The number of thiazole rings is 1. The molecule has 36 heavy (non-hydrogen) atoms. The molecule has 1 amide bonds. The summed E-state index contributed by atoms with van der Waals surface area (Å²) in [4.78, 5) is 31.9. The maximum absolute atomic E-state index is 13.5. The summed E-state index contributed by atoms with van der Waals surface area (Å²) in [7, 11) is 0. The van der Waals surface area contributed by atoms with Crippen LogP contribution in [0.5, 0.6) is 11.5 Å². The molecule has 1 aliphatic heterocycles.